The first kappa shape index (κ1) is 15.8. The SMILES string of the molecule is CCCNC(c1cccc(OCC)c1)c1ncccc1Cl. The van der Waals surface area contributed by atoms with Gasteiger partial charge in [0.05, 0.1) is 23.4 Å². The third-order valence-corrected chi connectivity index (χ3v) is 3.48. The number of benzene rings is 1. The number of halogens is 1. The molecule has 2 aromatic rings. The molecule has 2 rings (SSSR count). The minimum Gasteiger partial charge on any atom is -0.494 e. The van der Waals surface area contributed by atoms with Gasteiger partial charge < -0.3 is 10.1 Å². The van der Waals surface area contributed by atoms with Crippen molar-refractivity contribution in [1.82, 2.24) is 10.3 Å². The molecule has 0 amide bonds. The van der Waals surface area contributed by atoms with Crippen LogP contribution in [0.15, 0.2) is 42.6 Å². The molecule has 1 heterocycles. The van der Waals surface area contributed by atoms with E-state index in [0.29, 0.717) is 11.6 Å². The van der Waals surface area contributed by atoms with Crippen LogP contribution in [0.1, 0.15) is 37.6 Å². The molecular weight excluding hydrogens is 284 g/mol. The average Bonchev–Trinajstić information content (AvgIpc) is 2.50. The third-order valence-electron chi connectivity index (χ3n) is 3.16. The van der Waals surface area contributed by atoms with Gasteiger partial charge in [-0.1, -0.05) is 30.7 Å². The topological polar surface area (TPSA) is 34.1 Å². The molecular formula is C17H21ClN2O. The molecule has 3 nitrogen and oxygen atoms in total. The minimum absolute atomic E-state index is 0.0287. The average molecular weight is 305 g/mol. The second kappa shape index (κ2) is 8.01. The number of pyridine rings is 1. The van der Waals surface area contributed by atoms with Crippen LogP contribution in [0.4, 0.5) is 0 Å². The van der Waals surface area contributed by atoms with E-state index < -0.39 is 0 Å². The molecule has 0 aliphatic heterocycles. The van der Waals surface area contributed by atoms with E-state index in [0.717, 1.165) is 30.0 Å². The molecule has 0 aliphatic rings. The van der Waals surface area contributed by atoms with Gasteiger partial charge >= 0.3 is 0 Å². The molecule has 1 unspecified atom stereocenters. The van der Waals surface area contributed by atoms with Crippen LogP contribution in [-0.4, -0.2) is 18.1 Å². The number of hydrogen-bond acceptors (Lipinski definition) is 3. The van der Waals surface area contributed by atoms with Crippen LogP contribution in [0.5, 0.6) is 5.75 Å². The summed E-state index contributed by atoms with van der Waals surface area (Å²) in [6.07, 6.45) is 2.82. The van der Waals surface area contributed by atoms with Gasteiger partial charge in [0.1, 0.15) is 5.75 Å². The first-order valence-corrected chi connectivity index (χ1v) is 7.70. The normalized spacial score (nSPS) is 12.1. The molecule has 0 aliphatic carbocycles. The number of nitrogens with zero attached hydrogens (tertiary/aromatic N) is 1. The molecule has 0 fully saturated rings. The zero-order valence-electron chi connectivity index (χ0n) is 12.5. The van der Waals surface area contributed by atoms with E-state index in [2.05, 4.69) is 23.3 Å². The number of hydrogen-bond donors (Lipinski definition) is 1. The van der Waals surface area contributed by atoms with Crippen LogP contribution in [-0.2, 0) is 0 Å². The zero-order valence-corrected chi connectivity index (χ0v) is 13.2. The lowest BCUT2D eigenvalue weighted by Gasteiger charge is -2.20. The molecule has 112 valence electrons. The van der Waals surface area contributed by atoms with E-state index >= 15 is 0 Å². The lowest BCUT2D eigenvalue weighted by Crippen LogP contribution is -2.24. The molecule has 1 aromatic carbocycles. The monoisotopic (exact) mass is 304 g/mol. The Bertz CT molecular complexity index is 574. The summed E-state index contributed by atoms with van der Waals surface area (Å²) >= 11 is 6.32. The van der Waals surface area contributed by atoms with E-state index in [4.69, 9.17) is 16.3 Å². The summed E-state index contributed by atoms with van der Waals surface area (Å²) in [6.45, 7) is 5.67. The minimum atomic E-state index is -0.0287. The Morgan fingerprint density at radius 1 is 1.24 bits per heavy atom. The molecule has 0 bridgehead atoms. The van der Waals surface area contributed by atoms with Crippen molar-refractivity contribution in [2.24, 2.45) is 0 Å². The Kier molecular flexibility index (Phi) is 6.03. The summed E-state index contributed by atoms with van der Waals surface area (Å²) in [5.74, 6) is 0.866. The maximum absolute atomic E-state index is 6.32. The fourth-order valence-corrected chi connectivity index (χ4v) is 2.45. The van der Waals surface area contributed by atoms with Gasteiger partial charge in [-0.2, -0.15) is 0 Å². The van der Waals surface area contributed by atoms with Gasteiger partial charge in [-0.25, -0.2) is 0 Å². The predicted molar refractivity (Wildman–Crippen MR) is 87.0 cm³/mol. The van der Waals surface area contributed by atoms with E-state index in [1.807, 2.05) is 37.3 Å². The highest BCUT2D eigenvalue weighted by Gasteiger charge is 2.18. The summed E-state index contributed by atoms with van der Waals surface area (Å²) < 4.78 is 5.59. The van der Waals surface area contributed by atoms with Crippen molar-refractivity contribution >= 4 is 11.6 Å². The zero-order chi connectivity index (χ0) is 15.1. The van der Waals surface area contributed by atoms with Crippen molar-refractivity contribution < 1.29 is 4.74 Å². The molecule has 0 spiro atoms. The Labute approximate surface area is 131 Å². The highest BCUT2D eigenvalue weighted by Crippen LogP contribution is 2.28. The number of rotatable bonds is 7. The van der Waals surface area contributed by atoms with Crippen molar-refractivity contribution in [3.8, 4) is 5.75 Å². The molecule has 4 heteroatoms. The molecule has 1 aromatic heterocycles. The van der Waals surface area contributed by atoms with Crippen LogP contribution >= 0.6 is 11.6 Å². The number of nitrogens with one attached hydrogen (secondary N) is 1. The molecule has 0 radical (unpaired) electrons. The highest BCUT2D eigenvalue weighted by molar-refractivity contribution is 6.31. The van der Waals surface area contributed by atoms with Crippen LogP contribution < -0.4 is 10.1 Å². The van der Waals surface area contributed by atoms with Crippen molar-refractivity contribution in [1.29, 1.82) is 0 Å². The smallest absolute Gasteiger partial charge is 0.119 e. The number of aromatic nitrogens is 1. The molecule has 1 atom stereocenters. The Morgan fingerprint density at radius 2 is 2.10 bits per heavy atom. The molecule has 0 saturated heterocycles. The van der Waals surface area contributed by atoms with Gasteiger partial charge in [-0.15, -0.1) is 0 Å². The van der Waals surface area contributed by atoms with Crippen molar-refractivity contribution in [3.63, 3.8) is 0 Å². The van der Waals surface area contributed by atoms with Gasteiger partial charge in [-0.05, 0) is 49.7 Å². The summed E-state index contributed by atoms with van der Waals surface area (Å²) in [4.78, 5) is 4.45. The lowest BCUT2D eigenvalue weighted by molar-refractivity contribution is 0.339. The largest absolute Gasteiger partial charge is 0.494 e. The number of ether oxygens (including phenoxy) is 1. The van der Waals surface area contributed by atoms with Crippen molar-refractivity contribution in [2.75, 3.05) is 13.2 Å². The van der Waals surface area contributed by atoms with Crippen LogP contribution in [0.2, 0.25) is 5.02 Å². The summed E-state index contributed by atoms with van der Waals surface area (Å²) in [5.41, 5.74) is 1.95. The lowest BCUT2D eigenvalue weighted by atomic mass is 10.0. The predicted octanol–water partition coefficient (Wildman–Crippen LogP) is 4.22. The molecule has 0 saturated carbocycles. The quantitative estimate of drug-likeness (QED) is 0.831. The Hall–Kier alpha value is -1.58. The van der Waals surface area contributed by atoms with Gasteiger partial charge in [0.25, 0.3) is 0 Å². The van der Waals surface area contributed by atoms with Gasteiger partial charge in [0, 0.05) is 6.20 Å². The van der Waals surface area contributed by atoms with Crippen LogP contribution in [0, 0.1) is 0 Å². The highest BCUT2D eigenvalue weighted by atomic mass is 35.5. The van der Waals surface area contributed by atoms with Crippen molar-refractivity contribution in [3.05, 3.63) is 58.9 Å². The first-order valence-electron chi connectivity index (χ1n) is 7.32. The van der Waals surface area contributed by atoms with E-state index in [1.54, 1.807) is 6.20 Å². The molecule has 21 heavy (non-hydrogen) atoms. The fraction of sp³-hybridized carbons (Fsp3) is 0.353. The first-order chi connectivity index (χ1) is 10.3. The van der Waals surface area contributed by atoms with Gasteiger partial charge in [0.15, 0.2) is 0 Å². The van der Waals surface area contributed by atoms with Gasteiger partial charge in [-0.3, -0.25) is 4.98 Å². The van der Waals surface area contributed by atoms with Crippen molar-refractivity contribution in [2.45, 2.75) is 26.3 Å². The van der Waals surface area contributed by atoms with E-state index in [9.17, 15) is 0 Å². The molecule has 1 N–H and O–H groups in total. The maximum atomic E-state index is 6.32. The van der Waals surface area contributed by atoms with Gasteiger partial charge in [0.2, 0.25) is 0 Å². The maximum Gasteiger partial charge on any atom is 0.119 e. The second-order valence-corrected chi connectivity index (χ2v) is 5.17. The van der Waals surface area contributed by atoms with E-state index in [1.165, 1.54) is 0 Å². The fourth-order valence-electron chi connectivity index (χ4n) is 2.22. The van der Waals surface area contributed by atoms with E-state index in [-0.39, 0.29) is 6.04 Å². The summed E-state index contributed by atoms with van der Waals surface area (Å²) in [7, 11) is 0. The van der Waals surface area contributed by atoms with Crippen LogP contribution in [0.3, 0.4) is 0 Å². The summed E-state index contributed by atoms with van der Waals surface area (Å²) in [5, 5.41) is 4.18. The third kappa shape index (κ3) is 4.19. The second-order valence-electron chi connectivity index (χ2n) is 4.76. The Balaban J connectivity index is 2.36. The Morgan fingerprint density at radius 3 is 2.81 bits per heavy atom. The standard InChI is InChI=1S/C17H21ClN2O/c1-3-10-19-16(17-15(18)9-6-11-20-17)13-7-5-8-14(12-13)21-4-2/h5-9,11-12,16,19H,3-4,10H2,1-2H3. The summed E-state index contributed by atoms with van der Waals surface area (Å²) in [6, 6.07) is 11.8. The van der Waals surface area contributed by atoms with Crippen LogP contribution in [0.25, 0.3) is 0 Å².